The summed E-state index contributed by atoms with van der Waals surface area (Å²) in [5, 5.41) is 11.9. The van der Waals surface area contributed by atoms with Crippen LogP contribution in [0.2, 0.25) is 0 Å². The highest BCUT2D eigenvalue weighted by molar-refractivity contribution is 5.90. The molecule has 1 amide bonds. The van der Waals surface area contributed by atoms with E-state index in [1.807, 2.05) is 4.90 Å². The van der Waals surface area contributed by atoms with Crippen LogP contribution in [0.4, 0.5) is 5.95 Å². The number of aliphatic hydroxyl groups is 1. The van der Waals surface area contributed by atoms with Crippen LogP contribution in [0.25, 0.3) is 0 Å². The number of hydrogen-bond acceptors (Lipinski definition) is 5. The van der Waals surface area contributed by atoms with Crippen LogP contribution in [-0.2, 0) is 4.79 Å². The van der Waals surface area contributed by atoms with Crippen LogP contribution >= 0.6 is 0 Å². The first-order valence-corrected chi connectivity index (χ1v) is 5.21. The Hall–Kier alpha value is -1.53. The Morgan fingerprint density at radius 2 is 2.31 bits per heavy atom. The van der Waals surface area contributed by atoms with E-state index in [4.69, 9.17) is 0 Å². The highest BCUT2D eigenvalue weighted by atomic mass is 16.3. The maximum Gasteiger partial charge on any atom is 0.240 e. The summed E-state index contributed by atoms with van der Waals surface area (Å²) < 4.78 is 0. The molecule has 16 heavy (non-hydrogen) atoms. The number of amides is 1. The molecule has 1 aliphatic heterocycles. The van der Waals surface area contributed by atoms with E-state index < -0.39 is 0 Å². The molecule has 2 heterocycles. The Balaban J connectivity index is 1.81. The van der Waals surface area contributed by atoms with Gasteiger partial charge in [0.1, 0.15) is 0 Å². The fourth-order valence-electron chi connectivity index (χ4n) is 1.69. The van der Waals surface area contributed by atoms with Gasteiger partial charge < -0.3 is 5.11 Å². The molecule has 2 N–H and O–H groups in total. The lowest BCUT2D eigenvalue weighted by molar-refractivity contribution is -0.117. The van der Waals surface area contributed by atoms with Crippen molar-refractivity contribution in [2.75, 3.05) is 25.0 Å². The molecule has 0 saturated carbocycles. The van der Waals surface area contributed by atoms with Crippen molar-refractivity contribution >= 4 is 11.9 Å². The van der Waals surface area contributed by atoms with E-state index in [1.165, 1.54) is 0 Å². The topological polar surface area (TPSA) is 78.4 Å². The quantitative estimate of drug-likeness (QED) is 0.719. The van der Waals surface area contributed by atoms with Gasteiger partial charge in [-0.1, -0.05) is 0 Å². The first-order valence-electron chi connectivity index (χ1n) is 5.21. The van der Waals surface area contributed by atoms with E-state index in [1.54, 1.807) is 18.5 Å². The Morgan fingerprint density at radius 1 is 1.56 bits per heavy atom. The minimum atomic E-state index is -0.305. The number of carbonyl (C=O) groups excluding carboxylic acids is 1. The van der Waals surface area contributed by atoms with Gasteiger partial charge in [0.25, 0.3) is 0 Å². The molecule has 1 saturated heterocycles. The van der Waals surface area contributed by atoms with Gasteiger partial charge in [0, 0.05) is 25.5 Å². The van der Waals surface area contributed by atoms with E-state index in [2.05, 4.69) is 15.3 Å². The predicted octanol–water partition coefficient (Wildman–Crippen LogP) is -0.518. The molecule has 1 fully saturated rings. The smallest absolute Gasteiger partial charge is 0.240 e. The van der Waals surface area contributed by atoms with Crippen LogP contribution in [0.3, 0.4) is 0 Å². The molecular formula is C10H14N4O2. The molecule has 0 radical (unpaired) electrons. The van der Waals surface area contributed by atoms with Gasteiger partial charge in [-0.15, -0.1) is 0 Å². The van der Waals surface area contributed by atoms with Crippen molar-refractivity contribution in [3.63, 3.8) is 0 Å². The van der Waals surface area contributed by atoms with Crippen LogP contribution in [0, 0.1) is 0 Å². The third-order valence-corrected chi connectivity index (χ3v) is 2.43. The molecule has 1 aromatic rings. The average Bonchev–Trinajstić information content (AvgIpc) is 2.65. The van der Waals surface area contributed by atoms with Crippen LogP contribution in [-0.4, -0.2) is 51.6 Å². The molecule has 6 heteroatoms. The zero-order chi connectivity index (χ0) is 11.4. The third kappa shape index (κ3) is 2.98. The van der Waals surface area contributed by atoms with Gasteiger partial charge in [0.2, 0.25) is 11.9 Å². The summed E-state index contributed by atoms with van der Waals surface area (Å²) >= 11 is 0. The molecule has 0 aliphatic carbocycles. The first-order chi connectivity index (χ1) is 7.74. The van der Waals surface area contributed by atoms with Crippen molar-refractivity contribution in [2.24, 2.45) is 0 Å². The average molecular weight is 222 g/mol. The van der Waals surface area contributed by atoms with E-state index in [-0.39, 0.29) is 18.6 Å². The molecule has 86 valence electrons. The molecular weight excluding hydrogens is 208 g/mol. The molecule has 1 atom stereocenters. The monoisotopic (exact) mass is 222 g/mol. The summed E-state index contributed by atoms with van der Waals surface area (Å²) in [4.78, 5) is 21.3. The number of aromatic nitrogens is 2. The largest absolute Gasteiger partial charge is 0.392 e. The highest BCUT2D eigenvalue weighted by Crippen LogP contribution is 2.08. The zero-order valence-electron chi connectivity index (χ0n) is 8.83. The number of nitrogens with zero attached hydrogens (tertiary/aromatic N) is 3. The number of carbonyl (C=O) groups is 1. The van der Waals surface area contributed by atoms with Gasteiger partial charge in [-0.05, 0) is 12.5 Å². The fraction of sp³-hybridized carbons (Fsp3) is 0.500. The molecule has 1 aromatic heterocycles. The second-order valence-corrected chi connectivity index (χ2v) is 3.80. The summed E-state index contributed by atoms with van der Waals surface area (Å²) in [5.41, 5.74) is 0. The van der Waals surface area contributed by atoms with Crippen molar-refractivity contribution in [1.82, 2.24) is 14.9 Å². The molecule has 6 nitrogen and oxygen atoms in total. The minimum Gasteiger partial charge on any atom is -0.392 e. The van der Waals surface area contributed by atoms with Gasteiger partial charge in [-0.2, -0.15) is 0 Å². The highest BCUT2D eigenvalue weighted by Gasteiger charge is 2.22. The lowest BCUT2D eigenvalue weighted by atomic mass is 10.3. The molecule has 2 rings (SSSR count). The van der Waals surface area contributed by atoms with Gasteiger partial charge in [0.05, 0.1) is 12.6 Å². The van der Waals surface area contributed by atoms with Crippen LogP contribution < -0.4 is 5.32 Å². The summed E-state index contributed by atoms with van der Waals surface area (Å²) in [6.07, 6.45) is 3.57. The summed E-state index contributed by atoms with van der Waals surface area (Å²) in [6, 6.07) is 1.69. The second kappa shape index (κ2) is 5.00. The van der Waals surface area contributed by atoms with E-state index >= 15 is 0 Å². The van der Waals surface area contributed by atoms with Crippen LogP contribution in [0.1, 0.15) is 6.42 Å². The number of anilines is 1. The maximum atomic E-state index is 11.6. The molecule has 0 spiro atoms. The molecule has 0 unspecified atom stereocenters. The number of hydrogen-bond donors (Lipinski definition) is 2. The summed E-state index contributed by atoms with van der Waals surface area (Å²) in [5.74, 6) is 0.160. The Bertz CT molecular complexity index is 357. The number of nitrogens with one attached hydrogen (secondary N) is 1. The molecule has 1 aliphatic rings. The third-order valence-electron chi connectivity index (χ3n) is 2.43. The van der Waals surface area contributed by atoms with Crippen molar-refractivity contribution < 1.29 is 9.90 Å². The van der Waals surface area contributed by atoms with Gasteiger partial charge in [-0.3, -0.25) is 15.0 Å². The summed E-state index contributed by atoms with van der Waals surface area (Å²) in [7, 11) is 0. The van der Waals surface area contributed by atoms with Gasteiger partial charge >= 0.3 is 0 Å². The zero-order valence-corrected chi connectivity index (χ0v) is 8.83. The van der Waals surface area contributed by atoms with E-state index in [9.17, 15) is 9.90 Å². The first kappa shape index (κ1) is 11.0. The predicted molar refractivity (Wildman–Crippen MR) is 57.7 cm³/mol. The normalized spacial score (nSPS) is 20.9. The second-order valence-electron chi connectivity index (χ2n) is 3.80. The van der Waals surface area contributed by atoms with Crippen LogP contribution in [0.15, 0.2) is 18.5 Å². The van der Waals surface area contributed by atoms with Crippen molar-refractivity contribution in [1.29, 1.82) is 0 Å². The Kier molecular flexibility index (Phi) is 3.43. The standard InChI is InChI=1S/C10H14N4O2/c15-8-2-5-14(6-8)7-9(16)13-10-11-3-1-4-12-10/h1,3-4,8,15H,2,5-7H2,(H,11,12,13,16)/t8-/m0/s1. The van der Waals surface area contributed by atoms with Crippen molar-refractivity contribution in [3.05, 3.63) is 18.5 Å². The van der Waals surface area contributed by atoms with Crippen molar-refractivity contribution in [2.45, 2.75) is 12.5 Å². The Labute approximate surface area is 93.3 Å². The fourth-order valence-corrected chi connectivity index (χ4v) is 1.69. The number of β-amino-alcohol motifs (C(OH)–C–C–N with tert-alkyl or cyclic N) is 1. The van der Waals surface area contributed by atoms with Crippen LogP contribution in [0.5, 0.6) is 0 Å². The minimum absolute atomic E-state index is 0.152. The summed E-state index contributed by atoms with van der Waals surface area (Å²) in [6.45, 7) is 1.59. The molecule has 0 bridgehead atoms. The van der Waals surface area contributed by atoms with E-state index in [0.29, 0.717) is 12.5 Å². The van der Waals surface area contributed by atoms with E-state index in [0.717, 1.165) is 13.0 Å². The molecule has 0 aromatic carbocycles. The lowest BCUT2D eigenvalue weighted by Gasteiger charge is -2.13. The maximum absolute atomic E-state index is 11.6. The van der Waals surface area contributed by atoms with Gasteiger partial charge in [0.15, 0.2) is 0 Å². The lowest BCUT2D eigenvalue weighted by Crippen LogP contribution is -2.32. The van der Waals surface area contributed by atoms with Crippen molar-refractivity contribution in [3.8, 4) is 0 Å². The SMILES string of the molecule is O=C(CN1CC[C@H](O)C1)Nc1ncccn1. The number of aliphatic hydroxyl groups excluding tert-OH is 1. The number of rotatable bonds is 3. The number of likely N-dealkylation sites (tertiary alicyclic amines) is 1. The van der Waals surface area contributed by atoms with Gasteiger partial charge in [-0.25, -0.2) is 9.97 Å². The Morgan fingerprint density at radius 3 is 2.94 bits per heavy atom.